The van der Waals surface area contributed by atoms with Crippen LogP contribution in [0.5, 0.6) is 5.75 Å². The van der Waals surface area contributed by atoms with Gasteiger partial charge in [0.15, 0.2) is 5.78 Å². The molecule has 3 nitrogen and oxygen atoms in total. The minimum absolute atomic E-state index is 0.0604. The Bertz CT molecular complexity index is 486. The predicted molar refractivity (Wildman–Crippen MR) is 78.9 cm³/mol. The summed E-state index contributed by atoms with van der Waals surface area (Å²) in [5, 5.41) is 3.47. The van der Waals surface area contributed by atoms with Gasteiger partial charge in [0.2, 0.25) is 0 Å². The zero-order chi connectivity index (χ0) is 13.9. The van der Waals surface area contributed by atoms with Crippen LogP contribution >= 0.6 is 0 Å². The van der Waals surface area contributed by atoms with Crippen LogP contribution in [0.1, 0.15) is 31.2 Å². The first kappa shape index (κ1) is 13.6. The van der Waals surface area contributed by atoms with Gasteiger partial charge in [-0.3, -0.25) is 4.79 Å². The van der Waals surface area contributed by atoms with E-state index in [1.807, 2.05) is 24.3 Å². The van der Waals surface area contributed by atoms with Crippen LogP contribution in [0.4, 0.5) is 0 Å². The number of benzene rings is 1. The van der Waals surface area contributed by atoms with Crippen LogP contribution in [0.25, 0.3) is 0 Å². The van der Waals surface area contributed by atoms with Crippen molar-refractivity contribution in [3.05, 3.63) is 29.8 Å². The maximum absolute atomic E-state index is 12.6. The smallest absolute Gasteiger partial charge is 0.154 e. The lowest BCUT2D eigenvalue weighted by atomic mass is 9.77. The molecule has 0 spiro atoms. The number of Topliss-reactive ketones (excluding diaryl/α,β-unsaturated/α-hetero) is 1. The van der Waals surface area contributed by atoms with Crippen molar-refractivity contribution in [3.8, 4) is 5.75 Å². The highest BCUT2D eigenvalue weighted by Gasteiger charge is 2.40. The van der Waals surface area contributed by atoms with Gasteiger partial charge in [-0.05, 0) is 37.3 Å². The minimum Gasteiger partial charge on any atom is -0.496 e. The third-order valence-electron chi connectivity index (χ3n) is 4.90. The van der Waals surface area contributed by atoms with Crippen LogP contribution in [0.3, 0.4) is 0 Å². The molecule has 1 saturated heterocycles. The van der Waals surface area contributed by atoms with Gasteiger partial charge >= 0.3 is 0 Å². The van der Waals surface area contributed by atoms with Gasteiger partial charge in [-0.15, -0.1) is 0 Å². The molecule has 3 unspecified atom stereocenters. The number of fused-ring (bicyclic) bond motifs is 1. The van der Waals surface area contributed by atoms with E-state index in [4.69, 9.17) is 4.74 Å². The van der Waals surface area contributed by atoms with Crippen LogP contribution in [-0.4, -0.2) is 25.5 Å². The molecule has 0 aromatic heterocycles. The maximum Gasteiger partial charge on any atom is 0.154 e. The van der Waals surface area contributed by atoms with Crippen molar-refractivity contribution in [2.45, 2.75) is 38.1 Å². The zero-order valence-electron chi connectivity index (χ0n) is 12.1. The lowest BCUT2D eigenvalue weighted by molar-refractivity contribution is -0.121. The van der Waals surface area contributed by atoms with E-state index in [2.05, 4.69) is 5.32 Å². The van der Waals surface area contributed by atoms with Gasteiger partial charge in [-0.1, -0.05) is 31.0 Å². The summed E-state index contributed by atoms with van der Waals surface area (Å²) in [6.07, 6.45) is 5.58. The molecule has 1 aliphatic heterocycles. The molecule has 2 aliphatic rings. The second-order valence-electron chi connectivity index (χ2n) is 6.05. The van der Waals surface area contributed by atoms with Gasteiger partial charge in [-0.2, -0.15) is 0 Å². The minimum atomic E-state index is 0.0604. The van der Waals surface area contributed by atoms with Crippen molar-refractivity contribution in [1.29, 1.82) is 0 Å². The lowest BCUT2D eigenvalue weighted by Gasteiger charge is -2.27. The van der Waals surface area contributed by atoms with Crippen molar-refractivity contribution >= 4 is 5.78 Å². The Morgan fingerprint density at radius 1 is 1.30 bits per heavy atom. The fourth-order valence-corrected chi connectivity index (χ4v) is 3.86. The van der Waals surface area contributed by atoms with E-state index in [0.29, 0.717) is 18.1 Å². The fourth-order valence-electron chi connectivity index (χ4n) is 3.86. The summed E-state index contributed by atoms with van der Waals surface area (Å²) in [4.78, 5) is 12.6. The SMILES string of the molecule is COc1ccccc1CC(=O)C1NCC2CCCCC21. The predicted octanol–water partition coefficient (Wildman–Crippen LogP) is 2.59. The standard InChI is InChI=1S/C17H23NO2/c1-20-16-9-5-3-6-12(16)10-15(19)17-14-8-4-2-7-13(14)11-18-17/h3,5-6,9,13-14,17-18H,2,4,7-8,10-11H2,1H3. The van der Waals surface area contributed by atoms with Crippen molar-refractivity contribution in [2.75, 3.05) is 13.7 Å². The van der Waals surface area contributed by atoms with Gasteiger partial charge in [0.25, 0.3) is 0 Å². The second-order valence-corrected chi connectivity index (χ2v) is 6.05. The highest BCUT2D eigenvalue weighted by Crippen LogP contribution is 2.36. The average Bonchev–Trinajstić information content (AvgIpc) is 2.92. The Labute approximate surface area is 120 Å². The Balaban J connectivity index is 1.70. The molecule has 20 heavy (non-hydrogen) atoms. The van der Waals surface area contributed by atoms with Crippen molar-refractivity contribution in [2.24, 2.45) is 11.8 Å². The molecular formula is C17H23NO2. The lowest BCUT2D eigenvalue weighted by Crippen LogP contribution is -2.37. The molecule has 1 aliphatic carbocycles. The highest BCUT2D eigenvalue weighted by molar-refractivity contribution is 5.87. The molecular weight excluding hydrogens is 250 g/mol. The number of nitrogens with one attached hydrogen (secondary N) is 1. The molecule has 3 heteroatoms. The average molecular weight is 273 g/mol. The van der Waals surface area contributed by atoms with E-state index in [-0.39, 0.29) is 6.04 Å². The van der Waals surface area contributed by atoms with Crippen LogP contribution in [0, 0.1) is 11.8 Å². The zero-order valence-corrected chi connectivity index (χ0v) is 12.1. The second kappa shape index (κ2) is 5.96. The number of carbonyl (C=O) groups is 1. The van der Waals surface area contributed by atoms with E-state index >= 15 is 0 Å². The first-order valence-corrected chi connectivity index (χ1v) is 7.67. The van der Waals surface area contributed by atoms with E-state index < -0.39 is 0 Å². The molecule has 2 fully saturated rings. The van der Waals surface area contributed by atoms with E-state index in [1.165, 1.54) is 25.7 Å². The van der Waals surface area contributed by atoms with Gasteiger partial charge < -0.3 is 10.1 Å². The molecule has 1 saturated carbocycles. The van der Waals surface area contributed by atoms with Crippen LogP contribution in [0.2, 0.25) is 0 Å². The molecule has 108 valence electrons. The number of ketones is 1. The monoisotopic (exact) mass is 273 g/mol. The van der Waals surface area contributed by atoms with Gasteiger partial charge in [-0.25, -0.2) is 0 Å². The molecule has 1 aromatic rings. The first-order chi connectivity index (χ1) is 9.79. The van der Waals surface area contributed by atoms with Crippen LogP contribution in [0.15, 0.2) is 24.3 Å². The van der Waals surface area contributed by atoms with Crippen LogP contribution < -0.4 is 10.1 Å². The van der Waals surface area contributed by atoms with E-state index in [0.717, 1.165) is 23.8 Å². The maximum atomic E-state index is 12.6. The molecule has 1 aromatic carbocycles. The van der Waals surface area contributed by atoms with Crippen molar-refractivity contribution in [1.82, 2.24) is 5.32 Å². The number of para-hydroxylation sites is 1. The number of methoxy groups -OCH3 is 1. The largest absolute Gasteiger partial charge is 0.496 e. The van der Waals surface area contributed by atoms with E-state index in [1.54, 1.807) is 7.11 Å². The quantitative estimate of drug-likeness (QED) is 0.916. The number of hydrogen-bond acceptors (Lipinski definition) is 3. The molecule has 1 heterocycles. The molecule has 0 amide bonds. The Kier molecular flexibility index (Phi) is 4.06. The number of rotatable bonds is 4. The Morgan fingerprint density at radius 2 is 2.10 bits per heavy atom. The molecule has 3 atom stereocenters. The molecule has 3 rings (SSSR count). The third kappa shape index (κ3) is 2.59. The number of ether oxygens (including phenoxy) is 1. The van der Waals surface area contributed by atoms with Gasteiger partial charge in [0.1, 0.15) is 5.75 Å². The summed E-state index contributed by atoms with van der Waals surface area (Å²) < 4.78 is 5.34. The van der Waals surface area contributed by atoms with Gasteiger partial charge in [0, 0.05) is 12.0 Å². The summed E-state index contributed by atoms with van der Waals surface area (Å²) in [6.45, 7) is 1.02. The Hall–Kier alpha value is -1.35. The normalized spacial score (nSPS) is 28.9. The number of carbonyl (C=O) groups excluding carboxylic acids is 1. The first-order valence-electron chi connectivity index (χ1n) is 7.67. The summed E-state index contributed by atoms with van der Waals surface area (Å²) in [6, 6.07) is 7.89. The third-order valence-corrected chi connectivity index (χ3v) is 4.90. The molecule has 0 bridgehead atoms. The summed E-state index contributed by atoms with van der Waals surface area (Å²) >= 11 is 0. The van der Waals surface area contributed by atoms with Crippen LogP contribution in [-0.2, 0) is 11.2 Å². The van der Waals surface area contributed by atoms with Gasteiger partial charge in [0.05, 0.1) is 13.2 Å². The number of hydrogen-bond donors (Lipinski definition) is 1. The summed E-state index contributed by atoms with van der Waals surface area (Å²) in [5.41, 5.74) is 1.00. The van der Waals surface area contributed by atoms with E-state index in [9.17, 15) is 4.79 Å². The Morgan fingerprint density at radius 3 is 2.95 bits per heavy atom. The topological polar surface area (TPSA) is 38.3 Å². The van der Waals surface area contributed by atoms with Crippen molar-refractivity contribution in [3.63, 3.8) is 0 Å². The molecule has 0 radical (unpaired) electrons. The summed E-state index contributed by atoms with van der Waals surface area (Å²) in [7, 11) is 1.66. The highest BCUT2D eigenvalue weighted by atomic mass is 16.5. The molecule has 1 N–H and O–H groups in total. The fraction of sp³-hybridized carbons (Fsp3) is 0.588. The van der Waals surface area contributed by atoms with Crippen molar-refractivity contribution < 1.29 is 9.53 Å². The summed E-state index contributed by atoms with van der Waals surface area (Å²) in [5.74, 6) is 2.42.